The van der Waals surface area contributed by atoms with E-state index in [4.69, 9.17) is 5.73 Å². The van der Waals surface area contributed by atoms with Crippen molar-refractivity contribution in [3.05, 3.63) is 18.2 Å². The first-order valence-corrected chi connectivity index (χ1v) is 6.85. The fraction of sp³-hybridized carbons (Fsp3) is 0.364. The predicted octanol–water partition coefficient (Wildman–Crippen LogP) is 0.104. The second-order valence-electron chi connectivity index (χ2n) is 3.97. The minimum atomic E-state index is -3.54. The number of anilines is 2. The van der Waals surface area contributed by atoms with Gasteiger partial charge < -0.3 is 15.8 Å². The number of sulfonamides is 1. The van der Waals surface area contributed by atoms with Gasteiger partial charge in [-0.05, 0) is 18.2 Å². The molecule has 7 nitrogen and oxygen atoms in total. The number of ether oxygens (including phenoxy) is 1. The number of esters is 1. The summed E-state index contributed by atoms with van der Waals surface area (Å²) in [6, 6.07) is 4.26. The average molecular weight is 287 g/mol. The first kappa shape index (κ1) is 15.3. The molecule has 0 amide bonds. The van der Waals surface area contributed by atoms with Gasteiger partial charge in [0.15, 0.2) is 0 Å². The molecule has 0 aromatic heterocycles. The van der Waals surface area contributed by atoms with Crippen molar-refractivity contribution >= 4 is 27.4 Å². The van der Waals surface area contributed by atoms with Crippen molar-refractivity contribution < 1.29 is 17.9 Å². The van der Waals surface area contributed by atoms with Gasteiger partial charge in [0.2, 0.25) is 10.0 Å². The zero-order valence-electron chi connectivity index (χ0n) is 11.0. The Kier molecular flexibility index (Phi) is 4.73. The highest BCUT2D eigenvalue weighted by Crippen LogP contribution is 2.24. The SMILES string of the molecule is COC(=O)CNc1cc(S(=O)(=O)N(C)C)ccc1N. The summed E-state index contributed by atoms with van der Waals surface area (Å²) in [6.45, 7) is -0.0911. The topological polar surface area (TPSA) is 102 Å². The van der Waals surface area contributed by atoms with Crippen LogP contribution >= 0.6 is 0 Å². The van der Waals surface area contributed by atoms with E-state index in [-0.39, 0.29) is 11.4 Å². The standard InChI is InChI=1S/C11H17N3O4S/c1-14(2)19(16,17)8-4-5-9(12)10(6-8)13-7-11(15)18-3/h4-6,13H,7,12H2,1-3H3. The van der Waals surface area contributed by atoms with Crippen LogP contribution in [0.2, 0.25) is 0 Å². The average Bonchev–Trinajstić information content (AvgIpc) is 2.36. The molecule has 0 spiro atoms. The van der Waals surface area contributed by atoms with Crippen molar-refractivity contribution in [3.8, 4) is 0 Å². The second kappa shape index (κ2) is 5.89. The summed E-state index contributed by atoms with van der Waals surface area (Å²) in [4.78, 5) is 11.1. The van der Waals surface area contributed by atoms with E-state index in [9.17, 15) is 13.2 Å². The maximum absolute atomic E-state index is 12.0. The van der Waals surface area contributed by atoms with Crippen LogP contribution in [0.15, 0.2) is 23.1 Å². The maximum atomic E-state index is 12.0. The second-order valence-corrected chi connectivity index (χ2v) is 6.12. The Labute approximate surface area is 112 Å². The quantitative estimate of drug-likeness (QED) is 0.588. The van der Waals surface area contributed by atoms with Crippen LogP contribution in [-0.2, 0) is 19.6 Å². The van der Waals surface area contributed by atoms with Crippen molar-refractivity contribution in [2.24, 2.45) is 0 Å². The van der Waals surface area contributed by atoms with Crippen LogP contribution in [-0.4, -0.2) is 46.4 Å². The molecule has 0 aliphatic heterocycles. The molecule has 106 valence electrons. The third-order valence-electron chi connectivity index (χ3n) is 2.45. The van der Waals surface area contributed by atoms with E-state index in [1.807, 2.05) is 0 Å². The monoisotopic (exact) mass is 287 g/mol. The van der Waals surface area contributed by atoms with E-state index in [0.29, 0.717) is 11.4 Å². The number of nitrogen functional groups attached to an aromatic ring is 1. The molecule has 0 aliphatic carbocycles. The molecule has 0 saturated carbocycles. The predicted molar refractivity (Wildman–Crippen MR) is 72.2 cm³/mol. The Hall–Kier alpha value is -1.80. The van der Waals surface area contributed by atoms with E-state index in [1.54, 1.807) is 0 Å². The van der Waals surface area contributed by atoms with Gasteiger partial charge in [-0.1, -0.05) is 0 Å². The molecule has 19 heavy (non-hydrogen) atoms. The number of nitrogens with two attached hydrogens (primary N) is 1. The molecular formula is C11H17N3O4S. The Bertz CT molecular complexity index is 569. The molecule has 0 bridgehead atoms. The molecule has 0 unspecified atom stereocenters. The van der Waals surface area contributed by atoms with Crippen molar-refractivity contribution in [1.29, 1.82) is 0 Å². The van der Waals surface area contributed by atoms with Crippen molar-refractivity contribution in [2.75, 3.05) is 38.8 Å². The van der Waals surface area contributed by atoms with E-state index >= 15 is 0 Å². The Morgan fingerprint density at radius 3 is 2.58 bits per heavy atom. The molecule has 1 aromatic carbocycles. The van der Waals surface area contributed by atoms with Crippen LogP contribution in [0.3, 0.4) is 0 Å². The summed E-state index contributed by atoms with van der Waals surface area (Å²) in [5.74, 6) is -0.472. The van der Waals surface area contributed by atoms with Gasteiger partial charge in [-0.3, -0.25) is 4.79 Å². The number of hydrogen-bond acceptors (Lipinski definition) is 6. The van der Waals surface area contributed by atoms with Gasteiger partial charge >= 0.3 is 5.97 Å². The zero-order chi connectivity index (χ0) is 14.6. The minimum Gasteiger partial charge on any atom is -0.468 e. The van der Waals surface area contributed by atoms with Gasteiger partial charge in [-0.15, -0.1) is 0 Å². The van der Waals surface area contributed by atoms with Crippen LogP contribution < -0.4 is 11.1 Å². The van der Waals surface area contributed by atoms with Crippen LogP contribution in [0, 0.1) is 0 Å². The highest BCUT2D eigenvalue weighted by molar-refractivity contribution is 7.89. The molecule has 0 fully saturated rings. The van der Waals surface area contributed by atoms with Crippen molar-refractivity contribution in [1.82, 2.24) is 4.31 Å². The first-order chi connectivity index (χ1) is 8.78. The number of carbonyl (C=O) groups is 1. The van der Waals surface area contributed by atoms with Crippen LogP contribution in [0.1, 0.15) is 0 Å². The number of rotatable bonds is 5. The number of nitrogens with one attached hydrogen (secondary N) is 1. The largest absolute Gasteiger partial charge is 0.468 e. The molecule has 1 rings (SSSR count). The summed E-state index contributed by atoms with van der Waals surface area (Å²) in [5, 5.41) is 2.73. The molecule has 3 N–H and O–H groups in total. The lowest BCUT2D eigenvalue weighted by Crippen LogP contribution is -2.22. The molecule has 1 aromatic rings. The Morgan fingerprint density at radius 2 is 2.05 bits per heavy atom. The molecule has 0 aliphatic rings. The van der Waals surface area contributed by atoms with Gasteiger partial charge in [0.1, 0.15) is 6.54 Å². The van der Waals surface area contributed by atoms with Gasteiger partial charge in [-0.2, -0.15) is 0 Å². The number of methoxy groups -OCH3 is 1. The maximum Gasteiger partial charge on any atom is 0.325 e. The number of nitrogens with zero attached hydrogens (tertiary/aromatic N) is 1. The third kappa shape index (κ3) is 3.58. The van der Waals surface area contributed by atoms with Crippen LogP contribution in [0.4, 0.5) is 11.4 Å². The first-order valence-electron chi connectivity index (χ1n) is 5.41. The lowest BCUT2D eigenvalue weighted by atomic mass is 10.2. The number of benzene rings is 1. The summed E-state index contributed by atoms with van der Waals surface area (Å²) < 4.78 is 29.5. The molecule has 8 heteroatoms. The van der Waals surface area contributed by atoms with Gasteiger partial charge in [-0.25, -0.2) is 12.7 Å². The third-order valence-corrected chi connectivity index (χ3v) is 4.27. The smallest absolute Gasteiger partial charge is 0.325 e. The molecule has 0 heterocycles. The molecular weight excluding hydrogens is 270 g/mol. The molecule has 0 atom stereocenters. The lowest BCUT2D eigenvalue weighted by molar-refractivity contribution is -0.138. The van der Waals surface area contributed by atoms with E-state index in [1.165, 1.54) is 39.4 Å². The summed E-state index contributed by atoms with van der Waals surface area (Å²) in [7, 11) is 0.601. The van der Waals surface area contributed by atoms with E-state index in [2.05, 4.69) is 10.1 Å². The lowest BCUT2D eigenvalue weighted by Gasteiger charge is -2.14. The fourth-order valence-corrected chi connectivity index (χ4v) is 2.23. The fourth-order valence-electron chi connectivity index (χ4n) is 1.30. The Balaban J connectivity index is 3.05. The highest BCUT2D eigenvalue weighted by Gasteiger charge is 2.18. The van der Waals surface area contributed by atoms with E-state index in [0.717, 1.165) is 4.31 Å². The minimum absolute atomic E-state index is 0.0911. The zero-order valence-corrected chi connectivity index (χ0v) is 11.8. The van der Waals surface area contributed by atoms with E-state index < -0.39 is 16.0 Å². The number of hydrogen-bond donors (Lipinski definition) is 2. The van der Waals surface area contributed by atoms with Gasteiger partial charge in [0.05, 0.1) is 23.4 Å². The highest BCUT2D eigenvalue weighted by atomic mass is 32.2. The summed E-state index contributed by atoms with van der Waals surface area (Å²) in [5.41, 5.74) is 6.43. The van der Waals surface area contributed by atoms with Gasteiger partial charge in [0.25, 0.3) is 0 Å². The number of carbonyl (C=O) groups excluding carboxylic acids is 1. The van der Waals surface area contributed by atoms with Gasteiger partial charge in [0, 0.05) is 14.1 Å². The van der Waals surface area contributed by atoms with Crippen LogP contribution in [0.5, 0.6) is 0 Å². The van der Waals surface area contributed by atoms with Crippen LogP contribution in [0.25, 0.3) is 0 Å². The molecule has 0 radical (unpaired) electrons. The summed E-state index contributed by atoms with van der Waals surface area (Å²) >= 11 is 0. The summed E-state index contributed by atoms with van der Waals surface area (Å²) in [6.07, 6.45) is 0. The molecule has 0 saturated heterocycles. The normalized spacial score (nSPS) is 11.4. The van der Waals surface area contributed by atoms with Crippen molar-refractivity contribution in [3.63, 3.8) is 0 Å². The van der Waals surface area contributed by atoms with Crippen molar-refractivity contribution in [2.45, 2.75) is 4.90 Å². The Morgan fingerprint density at radius 1 is 1.42 bits per heavy atom.